The van der Waals surface area contributed by atoms with Crippen molar-refractivity contribution in [2.45, 2.75) is 32.4 Å². The Labute approximate surface area is 84.2 Å². The van der Waals surface area contributed by atoms with Gasteiger partial charge in [-0.05, 0) is 18.9 Å². The molecule has 4 N–H and O–H groups in total. The van der Waals surface area contributed by atoms with E-state index in [2.05, 4.69) is 0 Å². The van der Waals surface area contributed by atoms with Crippen LogP contribution in [0.2, 0.25) is 0 Å². The van der Waals surface area contributed by atoms with E-state index in [9.17, 15) is 10.2 Å². The molecular weight excluding hydrogens is 178 g/mol. The lowest BCUT2D eigenvalue weighted by molar-refractivity contribution is 0.162. The molecule has 0 aliphatic carbocycles. The van der Waals surface area contributed by atoms with Crippen molar-refractivity contribution in [1.29, 1.82) is 0 Å². The van der Waals surface area contributed by atoms with Crippen LogP contribution >= 0.6 is 0 Å². The summed E-state index contributed by atoms with van der Waals surface area (Å²) < 4.78 is 0. The topological polar surface area (TPSA) is 66.5 Å². The van der Waals surface area contributed by atoms with Gasteiger partial charge in [-0.15, -0.1) is 0 Å². The number of para-hydroxylation sites is 1. The molecule has 0 saturated carbocycles. The molecule has 3 heteroatoms. The van der Waals surface area contributed by atoms with Crippen molar-refractivity contribution in [3.8, 4) is 5.75 Å². The average Bonchev–Trinajstić information content (AvgIpc) is 2.17. The van der Waals surface area contributed by atoms with Crippen LogP contribution in [-0.2, 0) is 6.42 Å². The number of phenolic OH excluding ortho intramolecular Hbond substituents is 1. The number of aliphatic hydroxyl groups is 1. The highest BCUT2D eigenvalue weighted by Gasteiger charge is 2.16. The Kier molecular flexibility index (Phi) is 3.49. The average molecular weight is 195 g/mol. The van der Waals surface area contributed by atoms with Crippen molar-refractivity contribution < 1.29 is 10.2 Å². The molecule has 0 fully saturated rings. The van der Waals surface area contributed by atoms with Crippen LogP contribution in [0.25, 0.3) is 0 Å². The zero-order valence-corrected chi connectivity index (χ0v) is 8.57. The van der Waals surface area contributed by atoms with Gasteiger partial charge in [-0.2, -0.15) is 0 Å². The second kappa shape index (κ2) is 4.44. The molecule has 78 valence electrons. The summed E-state index contributed by atoms with van der Waals surface area (Å²) in [5.74, 6) is 0.211. The lowest BCUT2D eigenvalue weighted by Gasteiger charge is -2.17. The number of aryl methyl sites for hydroxylation is 1. The van der Waals surface area contributed by atoms with E-state index in [0.717, 1.165) is 12.0 Å². The molecule has 0 saturated heterocycles. The van der Waals surface area contributed by atoms with Crippen molar-refractivity contribution in [2.24, 2.45) is 5.73 Å². The number of benzene rings is 1. The van der Waals surface area contributed by atoms with Gasteiger partial charge < -0.3 is 15.9 Å². The maximum Gasteiger partial charge on any atom is 0.123 e. The molecule has 0 radical (unpaired) electrons. The second-order valence-corrected chi connectivity index (χ2v) is 3.47. The van der Waals surface area contributed by atoms with Gasteiger partial charge in [0.2, 0.25) is 0 Å². The Morgan fingerprint density at radius 1 is 1.43 bits per heavy atom. The summed E-state index contributed by atoms with van der Waals surface area (Å²) in [5, 5.41) is 19.1. The zero-order valence-electron chi connectivity index (χ0n) is 8.57. The molecular formula is C11H17NO2. The van der Waals surface area contributed by atoms with Crippen molar-refractivity contribution in [1.82, 2.24) is 0 Å². The number of nitrogens with two attached hydrogens (primary N) is 1. The molecule has 0 aliphatic rings. The van der Waals surface area contributed by atoms with Gasteiger partial charge in [0, 0.05) is 5.56 Å². The molecule has 0 unspecified atom stereocenters. The van der Waals surface area contributed by atoms with Gasteiger partial charge in [0.25, 0.3) is 0 Å². The monoisotopic (exact) mass is 195 g/mol. The van der Waals surface area contributed by atoms with Crippen LogP contribution < -0.4 is 5.73 Å². The fourth-order valence-corrected chi connectivity index (χ4v) is 1.43. The summed E-state index contributed by atoms with van der Waals surface area (Å²) in [5.41, 5.74) is 7.22. The van der Waals surface area contributed by atoms with E-state index in [1.54, 1.807) is 13.0 Å². The maximum absolute atomic E-state index is 9.82. The van der Waals surface area contributed by atoms with Crippen LogP contribution in [-0.4, -0.2) is 16.3 Å². The number of hydrogen-bond donors (Lipinski definition) is 3. The summed E-state index contributed by atoms with van der Waals surface area (Å²) in [6, 6.07) is 4.91. The molecule has 14 heavy (non-hydrogen) atoms. The van der Waals surface area contributed by atoms with Crippen LogP contribution in [0, 0.1) is 0 Å². The van der Waals surface area contributed by atoms with E-state index in [1.807, 2.05) is 19.1 Å². The van der Waals surface area contributed by atoms with Crippen LogP contribution in [0.15, 0.2) is 18.2 Å². The lowest BCUT2D eigenvalue weighted by atomic mass is 9.98. The minimum atomic E-state index is -0.659. The van der Waals surface area contributed by atoms with Crippen LogP contribution in [0.5, 0.6) is 5.75 Å². The first kappa shape index (κ1) is 11.0. The number of aliphatic hydroxyl groups excluding tert-OH is 1. The highest BCUT2D eigenvalue weighted by atomic mass is 16.3. The van der Waals surface area contributed by atoms with Crippen molar-refractivity contribution in [3.63, 3.8) is 0 Å². The molecule has 0 amide bonds. The van der Waals surface area contributed by atoms with Crippen molar-refractivity contribution in [3.05, 3.63) is 29.3 Å². The summed E-state index contributed by atoms with van der Waals surface area (Å²) in [6.07, 6.45) is 0.0969. The minimum Gasteiger partial charge on any atom is -0.507 e. The van der Waals surface area contributed by atoms with E-state index in [0.29, 0.717) is 5.56 Å². The summed E-state index contributed by atoms with van der Waals surface area (Å²) in [7, 11) is 0. The Balaban J connectivity index is 3.09. The fourth-order valence-electron chi connectivity index (χ4n) is 1.43. The Morgan fingerprint density at radius 2 is 2.07 bits per heavy atom. The van der Waals surface area contributed by atoms with Gasteiger partial charge in [-0.1, -0.05) is 25.1 Å². The first-order valence-corrected chi connectivity index (χ1v) is 4.82. The molecule has 3 nitrogen and oxygen atoms in total. The number of hydrogen-bond acceptors (Lipinski definition) is 3. The first-order valence-electron chi connectivity index (χ1n) is 4.82. The van der Waals surface area contributed by atoms with E-state index in [1.165, 1.54) is 0 Å². The van der Waals surface area contributed by atoms with Gasteiger partial charge in [0.1, 0.15) is 5.75 Å². The predicted octanol–water partition coefficient (Wildman–Crippen LogP) is 1.34. The highest BCUT2D eigenvalue weighted by molar-refractivity contribution is 5.42. The smallest absolute Gasteiger partial charge is 0.123 e. The van der Waals surface area contributed by atoms with Crippen LogP contribution in [0.4, 0.5) is 0 Å². The molecule has 1 rings (SSSR count). The van der Waals surface area contributed by atoms with Gasteiger partial charge in [-0.25, -0.2) is 0 Å². The highest BCUT2D eigenvalue weighted by Crippen LogP contribution is 2.28. The fraction of sp³-hybridized carbons (Fsp3) is 0.455. The Morgan fingerprint density at radius 3 is 2.57 bits per heavy atom. The Hall–Kier alpha value is -1.06. The van der Waals surface area contributed by atoms with Crippen LogP contribution in [0.3, 0.4) is 0 Å². The van der Waals surface area contributed by atoms with Gasteiger partial charge in [0.15, 0.2) is 0 Å². The molecule has 0 spiro atoms. The van der Waals surface area contributed by atoms with E-state index in [-0.39, 0.29) is 5.75 Å². The summed E-state index contributed by atoms with van der Waals surface area (Å²) in [4.78, 5) is 0. The van der Waals surface area contributed by atoms with Gasteiger partial charge >= 0.3 is 0 Å². The molecule has 0 heterocycles. The third kappa shape index (κ3) is 2.05. The maximum atomic E-state index is 9.82. The Bertz CT molecular complexity index is 310. The number of rotatable bonds is 3. The molecule has 0 aromatic heterocycles. The standard InChI is InChI=1S/C11H17NO2/c1-3-8-5-4-6-9(11(8)14)10(12)7(2)13/h4-7,10,13-14H,3,12H2,1-2H3/t7-,10+/m1/s1. The predicted molar refractivity (Wildman–Crippen MR) is 56.1 cm³/mol. The van der Waals surface area contributed by atoms with Gasteiger partial charge in [0.05, 0.1) is 12.1 Å². The first-order chi connectivity index (χ1) is 6.57. The SMILES string of the molecule is CCc1cccc([C@@H](N)[C@@H](C)O)c1O. The third-order valence-electron chi connectivity index (χ3n) is 2.41. The molecule has 0 aliphatic heterocycles. The van der Waals surface area contributed by atoms with Crippen LogP contribution in [0.1, 0.15) is 31.0 Å². The normalized spacial score (nSPS) is 15.1. The molecule has 2 atom stereocenters. The zero-order chi connectivity index (χ0) is 10.7. The van der Waals surface area contributed by atoms with Crippen molar-refractivity contribution >= 4 is 0 Å². The van der Waals surface area contributed by atoms with Gasteiger partial charge in [-0.3, -0.25) is 0 Å². The summed E-state index contributed by atoms with van der Waals surface area (Å²) >= 11 is 0. The van der Waals surface area contributed by atoms with E-state index in [4.69, 9.17) is 5.73 Å². The lowest BCUT2D eigenvalue weighted by Crippen LogP contribution is -2.23. The van der Waals surface area contributed by atoms with E-state index < -0.39 is 12.1 Å². The third-order valence-corrected chi connectivity index (χ3v) is 2.41. The molecule has 0 bridgehead atoms. The largest absolute Gasteiger partial charge is 0.507 e. The molecule has 1 aromatic carbocycles. The van der Waals surface area contributed by atoms with Crippen molar-refractivity contribution in [2.75, 3.05) is 0 Å². The molecule has 1 aromatic rings. The number of phenols is 1. The summed E-state index contributed by atoms with van der Waals surface area (Å²) in [6.45, 7) is 3.58. The minimum absolute atomic E-state index is 0.211. The number of aromatic hydroxyl groups is 1. The second-order valence-electron chi connectivity index (χ2n) is 3.47. The quantitative estimate of drug-likeness (QED) is 0.681. The van der Waals surface area contributed by atoms with E-state index >= 15 is 0 Å².